The summed E-state index contributed by atoms with van der Waals surface area (Å²) in [5.74, 6) is -0.368. The van der Waals surface area contributed by atoms with E-state index < -0.39 is 28.5 Å². The molecule has 4 aromatic carbocycles. The van der Waals surface area contributed by atoms with E-state index in [1.807, 2.05) is 58.0 Å². The first-order valence-electron chi connectivity index (χ1n) is 15.8. The third-order valence-electron chi connectivity index (χ3n) is 7.93. The van der Waals surface area contributed by atoms with Gasteiger partial charge in [-0.25, -0.2) is 8.42 Å². The number of benzene rings is 4. The van der Waals surface area contributed by atoms with Gasteiger partial charge in [0.2, 0.25) is 11.8 Å². The molecule has 0 saturated carbocycles. The predicted octanol–water partition coefficient (Wildman–Crippen LogP) is 7.45. The number of hydrogen-bond donors (Lipinski definition) is 1. The number of carbonyl (C=O) groups excluding carboxylic acids is 2. The molecule has 0 aliphatic carbocycles. The van der Waals surface area contributed by atoms with Crippen molar-refractivity contribution in [3.05, 3.63) is 124 Å². The number of hydrogen-bond acceptors (Lipinski definition) is 5. The van der Waals surface area contributed by atoms with Crippen LogP contribution in [0.25, 0.3) is 0 Å². The van der Waals surface area contributed by atoms with Gasteiger partial charge in [-0.2, -0.15) is 0 Å². The molecule has 4 rings (SSSR count). The zero-order chi connectivity index (χ0) is 34.8. The fourth-order valence-corrected chi connectivity index (χ4v) is 6.81. The number of nitrogens with zero attached hydrogens (tertiary/aromatic N) is 2. The van der Waals surface area contributed by atoms with E-state index in [1.54, 1.807) is 54.6 Å². The van der Waals surface area contributed by atoms with Crippen LogP contribution in [-0.4, -0.2) is 50.4 Å². The largest absolute Gasteiger partial charge is 0.494 e. The van der Waals surface area contributed by atoms with Crippen LogP contribution >= 0.6 is 23.2 Å². The lowest BCUT2D eigenvalue weighted by molar-refractivity contribution is -0.140. The number of amides is 2. The number of anilines is 1. The number of aryl methyl sites for hydroxylation is 1. The summed E-state index contributed by atoms with van der Waals surface area (Å²) >= 11 is 12.6. The molecule has 11 heteroatoms. The highest BCUT2D eigenvalue weighted by Crippen LogP contribution is 2.28. The minimum atomic E-state index is -4.23. The van der Waals surface area contributed by atoms with Gasteiger partial charge in [0.15, 0.2) is 0 Å². The zero-order valence-corrected chi connectivity index (χ0v) is 29.9. The van der Waals surface area contributed by atoms with Crippen molar-refractivity contribution < 1.29 is 22.7 Å². The van der Waals surface area contributed by atoms with Gasteiger partial charge in [0, 0.05) is 19.0 Å². The van der Waals surface area contributed by atoms with Crippen LogP contribution in [0.5, 0.6) is 5.75 Å². The molecule has 0 fully saturated rings. The van der Waals surface area contributed by atoms with E-state index >= 15 is 0 Å². The van der Waals surface area contributed by atoms with Crippen LogP contribution in [0, 0.1) is 6.92 Å². The molecule has 48 heavy (non-hydrogen) atoms. The minimum absolute atomic E-state index is 0.0250. The molecule has 0 aliphatic heterocycles. The lowest BCUT2D eigenvalue weighted by Crippen LogP contribution is -2.54. The number of sulfonamides is 1. The van der Waals surface area contributed by atoms with Crippen LogP contribution in [0.3, 0.4) is 0 Å². The normalized spacial score (nSPS) is 12.5. The van der Waals surface area contributed by atoms with E-state index in [9.17, 15) is 18.0 Å². The molecule has 0 bridgehead atoms. The summed E-state index contributed by atoms with van der Waals surface area (Å²) in [4.78, 5) is 30.1. The SMILES string of the molecule is CCOc1ccc(N(CC(=O)N(Cc2ccc(Cl)c(Cl)c2)C(Cc2ccccc2)C(=O)NC(C)CC)S(=O)(=O)c2ccc(C)cc2)cc1. The third kappa shape index (κ3) is 9.52. The Morgan fingerprint density at radius 1 is 0.854 bits per heavy atom. The van der Waals surface area contributed by atoms with Gasteiger partial charge in [-0.05, 0) is 86.8 Å². The summed E-state index contributed by atoms with van der Waals surface area (Å²) in [6.07, 6.45) is 0.884. The molecule has 8 nitrogen and oxygen atoms in total. The van der Waals surface area contributed by atoms with Crippen molar-refractivity contribution in [3.8, 4) is 5.75 Å². The quantitative estimate of drug-likeness (QED) is 0.138. The maximum absolute atomic E-state index is 14.6. The molecule has 2 amide bonds. The Labute approximate surface area is 293 Å². The summed E-state index contributed by atoms with van der Waals surface area (Å²) in [6, 6.07) is 26.2. The van der Waals surface area contributed by atoms with E-state index in [0.717, 1.165) is 15.4 Å². The number of carbonyl (C=O) groups is 2. The maximum Gasteiger partial charge on any atom is 0.264 e. The molecule has 0 heterocycles. The molecule has 0 aliphatic rings. The molecule has 4 aromatic rings. The van der Waals surface area contributed by atoms with E-state index in [-0.39, 0.29) is 35.5 Å². The van der Waals surface area contributed by atoms with Gasteiger partial charge >= 0.3 is 0 Å². The first-order chi connectivity index (χ1) is 22.9. The van der Waals surface area contributed by atoms with Crippen molar-refractivity contribution in [1.29, 1.82) is 0 Å². The Hall–Kier alpha value is -4.05. The Bertz CT molecular complexity index is 1790. The van der Waals surface area contributed by atoms with Gasteiger partial charge in [-0.15, -0.1) is 0 Å². The van der Waals surface area contributed by atoms with Crippen LogP contribution in [0.1, 0.15) is 43.9 Å². The summed E-state index contributed by atoms with van der Waals surface area (Å²) in [7, 11) is -4.23. The molecular weight excluding hydrogens is 669 g/mol. The van der Waals surface area contributed by atoms with Gasteiger partial charge in [-0.3, -0.25) is 13.9 Å². The second kappa shape index (κ2) is 16.9. The summed E-state index contributed by atoms with van der Waals surface area (Å²) < 4.78 is 35.1. The summed E-state index contributed by atoms with van der Waals surface area (Å²) in [5, 5.41) is 3.67. The highest BCUT2D eigenvalue weighted by Gasteiger charge is 2.35. The van der Waals surface area contributed by atoms with Crippen LogP contribution in [0.15, 0.2) is 102 Å². The zero-order valence-electron chi connectivity index (χ0n) is 27.5. The number of nitrogens with one attached hydrogen (secondary N) is 1. The van der Waals surface area contributed by atoms with Gasteiger partial charge in [-0.1, -0.05) is 84.2 Å². The molecular formula is C37H41Cl2N3O5S. The molecule has 0 radical (unpaired) electrons. The monoisotopic (exact) mass is 709 g/mol. The van der Waals surface area contributed by atoms with Crippen LogP contribution < -0.4 is 14.4 Å². The molecule has 2 atom stereocenters. The Morgan fingerprint density at radius 3 is 2.12 bits per heavy atom. The predicted molar refractivity (Wildman–Crippen MR) is 192 cm³/mol. The van der Waals surface area contributed by atoms with Crippen LogP contribution in [0.4, 0.5) is 5.69 Å². The fourth-order valence-electron chi connectivity index (χ4n) is 5.07. The minimum Gasteiger partial charge on any atom is -0.494 e. The van der Waals surface area contributed by atoms with Crippen molar-refractivity contribution in [3.63, 3.8) is 0 Å². The van der Waals surface area contributed by atoms with Gasteiger partial charge < -0.3 is 15.0 Å². The first-order valence-corrected chi connectivity index (χ1v) is 18.0. The van der Waals surface area contributed by atoms with E-state index in [2.05, 4.69) is 5.32 Å². The topological polar surface area (TPSA) is 96.0 Å². The van der Waals surface area contributed by atoms with Crippen LogP contribution in [0.2, 0.25) is 10.0 Å². The smallest absolute Gasteiger partial charge is 0.264 e. The Morgan fingerprint density at radius 2 is 1.52 bits per heavy atom. The molecule has 0 spiro atoms. The standard InChI is InChI=1S/C37H41Cl2N3O5S/c1-5-27(4)40-37(44)35(23-28-10-8-7-9-11-28)41(24-29-14-21-33(38)34(39)22-29)36(43)25-42(30-15-17-31(18-16-30)47-6-2)48(45,46)32-19-12-26(3)13-20-32/h7-22,27,35H,5-6,23-25H2,1-4H3,(H,40,44). The number of halogens is 2. The lowest BCUT2D eigenvalue weighted by atomic mass is 10.0. The maximum atomic E-state index is 14.6. The molecule has 0 aromatic heterocycles. The van der Waals surface area contributed by atoms with Crippen molar-refractivity contribution in [2.75, 3.05) is 17.5 Å². The second-order valence-electron chi connectivity index (χ2n) is 11.5. The van der Waals surface area contributed by atoms with E-state index in [0.29, 0.717) is 34.4 Å². The molecule has 254 valence electrons. The lowest BCUT2D eigenvalue weighted by Gasteiger charge is -2.34. The van der Waals surface area contributed by atoms with Gasteiger partial charge in [0.25, 0.3) is 10.0 Å². The van der Waals surface area contributed by atoms with Crippen molar-refractivity contribution in [1.82, 2.24) is 10.2 Å². The van der Waals surface area contributed by atoms with Gasteiger partial charge in [0.05, 0.1) is 27.2 Å². The first kappa shape index (κ1) is 36.8. The molecule has 2 unspecified atom stereocenters. The van der Waals surface area contributed by atoms with Crippen molar-refractivity contribution in [2.45, 2.75) is 64.1 Å². The highest BCUT2D eigenvalue weighted by molar-refractivity contribution is 7.92. The molecule has 1 N–H and O–H groups in total. The summed E-state index contributed by atoms with van der Waals surface area (Å²) in [5.41, 5.74) is 2.62. The van der Waals surface area contributed by atoms with Gasteiger partial charge in [0.1, 0.15) is 18.3 Å². The fraction of sp³-hybridized carbons (Fsp3) is 0.297. The average Bonchev–Trinajstić information content (AvgIpc) is 3.07. The average molecular weight is 711 g/mol. The van der Waals surface area contributed by atoms with E-state index in [1.165, 1.54) is 17.0 Å². The number of rotatable bonds is 15. The Balaban J connectivity index is 1.82. The highest BCUT2D eigenvalue weighted by atomic mass is 35.5. The third-order valence-corrected chi connectivity index (χ3v) is 10.5. The van der Waals surface area contributed by atoms with E-state index in [4.69, 9.17) is 27.9 Å². The second-order valence-corrected chi connectivity index (χ2v) is 14.2. The van der Waals surface area contributed by atoms with Crippen molar-refractivity contribution in [2.24, 2.45) is 0 Å². The van der Waals surface area contributed by atoms with Crippen LogP contribution in [-0.2, 0) is 32.6 Å². The summed E-state index contributed by atoms with van der Waals surface area (Å²) in [6.45, 7) is 7.41. The Kier molecular flexibility index (Phi) is 12.9. The van der Waals surface area contributed by atoms with Crippen molar-refractivity contribution >= 4 is 50.7 Å². The number of ether oxygens (including phenoxy) is 1. The molecule has 0 saturated heterocycles.